The molecule has 5 N–H and O–H groups in total. The normalized spacial score (nSPS) is 13.7. The molecule has 2 unspecified atom stereocenters. The molecule has 0 bridgehead atoms. The van der Waals surface area contributed by atoms with Crippen LogP contribution in [0.2, 0.25) is 0 Å². The minimum atomic E-state index is -1.32. The maximum Gasteiger partial charge on any atom is 0.413 e. The second-order valence-corrected chi connectivity index (χ2v) is 3.94. The Bertz CT molecular complexity index is 321. The number of imide groups is 1. The standard InChI is InChI=1S/C10H19N3O5/c1-6(8(14)13(2)10(17)18)12-5-3-4-7(11)9(15)16/h6-7,12H,3-5,11H2,1-2H3,(H,15,16)(H,17,18). The van der Waals surface area contributed by atoms with Crippen molar-refractivity contribution in [2.24, 2.45) is 5.73 Å². The van der Waals surface area contributed by atoms with E-state index in [2.05, 4.69) is 5.32 Å². The van der Waals surface area contributed by atoms with Crippen molar-refractivity contribution in [3.05, 3.63) is 0 Å². The van der Waals surface area contributed by atoms with E-state index < -0.39 is 30.1 Å². The fourth-order valence-corrected chi connectivity index (χ4v) is 1.24. The highest BCUT2D eigenvalue weighted by atomic mass is 16.4. The van der Waals surface area contributed by atoms with Crippen molar-refractivity contribution < 1.29 is 24.6 Å². The molecule has 0 saturated carbocycles. The molecular weight excluding hydrogens is 242 g/mol. The Morgan fingerprint density at radius 3 is 2.33 bits per heavy atom. The van der Waals surface area contributed by atoms with Crippen LogP contribution in [0.25, 0.3) is 0 Å². The van der Waals surface area contributed by atoms with Crippen molar-refractivity contribution in [1.82, 2.24) is 10.2 Å². The number of hydrogen-bond acceptors (Lipinski definition) is 5. The summed E-state index contributed by atoms with van der Waals surface area (Å²) in [6, 6.07) is -1.56. The van der Waals surface area contributed by atoms with Crippen LogP contribution in [0, 0.1) is 0 Å². The predicted octanol–water partition coefficient (Wildman–Crippen LogP) is -0.707. The van der Waals surface area contributed by atoms with Crippen LogP contribution in [-0.4, -0.2) is 58.8 Å². The molecule has 8 heteroatoms. The number of carbonyl (C=O) groups is 3. The lowest BCUT2D eigenvalue weighted by Gasteiger charge is -2.18. The largest absolute Gasteiger partial charge is 0.480 e. The molecule has 2 amide bonds. The summed E-state index contributed by atoms with van der Waals surface area (Å²) in [6.07, 6.45) is -0.540. The molecule has 0 heterocycles. The topological polar surface area (TPSA) is 133 Å². The quantitative estimate of drug-likeness (QED) is 0.445. The fraction of sp³-hybridized carbons (Fsp3) is 0.700. The molecule has 0 aromatic rings. The lowest BCUT2D eigenvalue weighted by molar-refractivity contribution is -0.138. The van der Waals surface area contributed by atoms with Crippen LogP contribution in [0.15, 0.2) is 0 Å². The summed E-state index contributed by atoms with van der Waals surface area (Å²) in [7, 11) is 1.17. The molecule has 0 fully saturated rings. The van der Waals surface area contributed by atoms with Crippen LogP contribution in [0.5, 0.6) is 0 Å². The molecule has 0 aliphatic heterocycles. The minimum Gasteiger partial charge on any atom is -0.480 e. The van der Waals surface area contributed by atoms with Gasteiger partial charge in [-0.3, -0.25) is 9.59 Å². The Labute approximate surface area is 105 Å². The molecule has 2 atom stereocenters. The Hall–Kier alpha value is -1.67. The molecule has 0 aromatic heterocycles. The van der Waals surface area contributed by atoms with Crippen molar-refractivity contribution in [1.29, 1.82) is 0 Å². The molecule has 0 rings (SSSR count). The molecule has 104 valence electrons. The van der Waals surface area contributed by atoms with Gasteiger partial charge in [0.05, 0.1) is 6.04 Å². The SMILES string of the molecule is CC(NCCCC(N)C(=O)O)C(=O)N(C)C(=O)O. The van der Waals surface area contributed by atoms with Gasteiger partial charge in [-0.25, -0.2) is 9.69 Å². The molecule has 8 nitrogen and oxygen atoms in total. The van der Waals surface area contributed by atoms with Crippen LogP contribution in [-0.2, 0) is 9.59 Å². The number of rotatable bonds is 7. The second kappa shape index (κ2) is 7.62. The van der Waals surface area contributed by atoms with Gasteiger partial charge in [-0.1, -0.05) is 0 Å². The van der Waals surface area contributed by atoms with E-state index in [0.29, 0.717) is 17.9 Å². The lowest BCUT2D eigenvalue weighted by Crippen LogP contribution is -2.45. The summed E-state index contributed by atoms with van der Waals surface area (Å²) in [5.74, 6) is -1.63. The number of hydrogen-bond donors (Lipinski definition) is 4. The van der Waals surface area contributed by atoms with Crippen LogP contribution < -0.4 is 11.1 Å². The fourth-order valence-electron chi connectivity index (χ4n) is 1.24. The van der Waals surface area contributed by atoms with E-state index in [1.807, 2.05) is 0 Å². The van der Waals surface area contributed by atoms with E-state index in [0.717, 1.165) is 0 Å². The number of likely N-dealkylation sites (N-methyl/N-ethyl adjacent to an activating group) is 1. The van der Waals surface area contributed by atoms with Crippen molar-refractivity contribution in [3.63, 3.8) is 0 Å². The Morgan fingerprint density at radius 1 is 1.33 bits per heavy atom. The molecular formula is C10H19N3O5. The monoisotopic (exact) mass is 261 g/mol. The maximum atomic E-state index is 11.5. The molecule has 0 aliphatic carbocycles. The number of carbonyl (C=O) groups excluding carboxylic acids is 1. The Balaban J connectivity index is 3.90. The molecule has 18 heavy (non-hydrogen) atoms. The maximum absolute atomic E-state index is 11.5. The van der Waals surface area contributed by atoms with E-state index >= 15 is 0 Å². The number of carboxylic acids is 1. The van der Waals surface area contributed by atoms with Gasteiger partial charge < -0.3 is 21.3 Å². The van der Waals surface area contributed by atoms with E-state index in [-0.39, 0.29) is 6.42 Å². The van der Waals surface area contributed by atoms with Gasteiger partial charge in [-0.2, -0.15) is 0 Å². The average molecular weight is 261 g/mol. The van der Waals surface area contributed by atoms with Crippen molar-refractivity contribution in [3.8, 4) is 0 Å². The molecule has 0 saturated heterocycles. The highest BCUT2D eigenvalue weighted by Crippen LogP contribution is 1.96. The van der Waals surface area contributed by atoms with Crippen molar-refractivity contribution >= 4 is 18.0 Å². The highest BCUT2D eigenvalue weighted by molar-refractivity contribution is 5.93. The Kier molecular flexibility index (Phi) is 6.91. The van der Waals surface area contributed by atoms with Crippen LogP contribution in [0.1, 0.15) is 19.8 Å². The highest BCUT2D eigenvalue weighted by Gasteiger charge is 2.21. The second-order valence-electron chi connectivity index (χ2n) is 3.94. The van der Waals surface area contributed by atoms with Crippen LogP contribution in [0.3, 0.4) is 0 Å². The summed E-state index contributed by atoms with van der Waals surface area (Å²) in [6.45, 7) is 1.93. The zero-order chi connectivity index (χ0) is 14.3. The number of nitrogens with two attached hydrogens (primary N) is 1. The first kappa shape index (κ1) is 16.3. The number of amides is 2. The smallest absolute Gasteiger partial charge is 0.413 e. The van der Waals surface area contributed by atoms with Crippen molar-refractivity contribution in [2.75, 3.05) is 13.6 Å². The first-order valence-electron chi connectivity index (χ1n) is 5.49. The zero-order valence-electron chi connectivity index (χ0n) is 10.4. The third-order valence-electron chi connectivity index (χ3n) is 2.45. The summed E-state index contributed by atoms with van der Waals surface area (Å²) in [4.78, 5) is 33.0. The van der Waals surface area contributed by atoms with Gasteiger partial charge in [0.15, 0.2) is 0 Å². The number of aliphatic carboxylic acids is 1. The Morgan fingerprint density at radius 2 is 1.89 bits per heavy atom. The van der Waals surface area contributed by atoms with E-state index in [1.54, 1.807) is 6.92 Å². The first-order valence-corrected chi connectivity index (χ1v) is 5.49. The number of nitrogens with zero attached hydrogens (tertiary/aromatic N) is 1. The van der Waals surface area contributed by atoms with Gasteiger partial charge in [-0.15, -0.1) is 0 Å². The first-order chi connectivity index (χ1) is 8.27. The van der Waals surface area contributed by atoms with Crippen LogP contribution >= 0.6 is 0 Å². The minimum absolute atomic E-state index is 0.290. The van der Waals surface area contributed by atoms with Gasteiger partial charge in [0.2, 0.25) is 5.91 Å². The number of carboxylic acid groups (broad SMARTS) is 2. The lowest BCUT2D eigenvalue weighted by atomic mass is 10.1. The molecule has 0 aromatic carbocycles. The third-order valence-corrected chi connectivity index (χ3v) is 2.45. The summed E-state index contributed by atoms with van der Waals surface area (Å²) < 4.78 is 0. The molecule has 0 radical (unpaired) electrons. The average Bonchev–Trinajstić information content (AvgIpc) is 2.31. The summed E-state index contributed by atoms with van der Waals surface area (Å²) in [5.41, 5.74) is 5.30. The van der Waals surface area contributed by atoms with E-state index in [1.165, 1.54) is 7.05 Å². The zero-order valence-corrected chi connectivity index (χ0v) is 10.4. The van der Waals surface area contributed by atoms with Crippen molar-refractivity contribution in [2.45, 2.75) is 31.8 Å². The van der Waals surface area contributed by atoms with E-state index in [4.69, 9.17) is 15.9 Å². The van der Waals surface area contributed by atoms with Crippen LogP contribution in [0.4, 0.5) is 4.79 Å². The summed E-state index contributed by atoms with van der Waals surface area (Å²) in [5, 5.41) is 20.0. The van der Waals surface area contributed by atoms with Gasteiger partial charge in [-0.05, 0) is 26.3 Å². The van der Waals surface area contributed by atoms with E-state index in [9.17, 15) is 14.4 Å². The van der Waals surface area contributed by atoms with Gasteiger partial charge >= 0.3 is 12.1 Å². The number of nitrogens with one attached hydrogen (secondary N) is 1. The predicted molar refractivity (Wildman–Crippen MR) is 63.1 cm³/mol. The molecule has 0 spiro atoms. The van der Waals surface area contributed by atoms with Gasteiger partial charge in [0.1, 0.15) is 6.04 Å². The third kappa shape index (κ3) is 5.60. The molecule has 0 aliphatic rings. The summed E-state index contributed by atoms with van der Waals surface area (Å²) >= 11 is 0. The van der Waals surface area contributed by atoms with Gasteiger partial charge in [0.25, 0.3) is 0 Å². The van der Waals surface area contributed by atoms with Gasteiger partial charge in [0, 0.05) is 7.05 Å².